The molecular formula is C22H31N5O9S. The number of carbonyl (C=O) groups excluding carboxylic acids is 4. The van der Waals surface area contributed by atoms with Crippen molar-refractivity contribution in [2.24, 2.45) is 11.5 Å². The molecule has 0 aliphatic heterocycles. The maximum absolute atomic E-state index is 12.8. The van der Waals surface area contributed by atoms with Crippen molar-refractivity contribution in [2.45, 2.75) is 49.9 Å². The number of aromatic hydroxyl groups is 1. The van der Waals surface area contributed by atoms with Crippen LogP contribution < -0.4 is 27.4 Å². The summed E-state index contributed by atoms with van der Waals surface area (Å²) in [5, 5.41) is 34.4. The number of nitrogens with one attached hydrogen (secondary N) is 3. The molecule has 0 radical (unpaired) electrons. The number of carbonyl (C=O) groups is 6. The van der Waals surface area contributed by atoms with Gasteiger partial charge in [-0.2, -0.15) is 11.8 Å². The molecule has 204 valence electrons. The predicted molar refractivity (Wildman–Crippen MR) is 132 cm³/mol. The predicted octanol–water partition coefficient (Wildman–Crippen LogP) is -2.10. The Morgan fingerprint density at radius 1 is 0.865 bits per heavy atom. The van der Waals surface area contributed by atoms with Crippen molar-refractivity contribution in [1.82, 2.24) is 16.0 Å². The third kappa shape index (κ3) is 11.6. The molecule has 10 N–H and O–H groups in total. The Morgan fingerprint density at radius 3 is 1.86 bits per heavy atom. The van der Waals surface area contributed by atoms with Gasteiger partial charge in [-0.15, -0.1) is 0 Å². The molecule has 4 amide bonds. The minimum atomic E-state index is -1.71. The number of hydrogen-bond acceptors (Lipinski definition) is 9. The zero-order chi connectivity index (χ0) is 28.1. The largest absolute Gasteiger partial charge is 0.508 e. The van der Waals surface area contributed by atoms with Crippen LogP contribution in [0.15, 0.2) is 24.3 Å². The van der Waals surface area contributed by atoms with E-state index in [2.05, 4.69) is 16.0 Å². The van der Waals surface area contributed by atoms with Gasteiger partial charge < -0.3 is 42.7 Å². The molecule has 4 atom stereocenters. The zero-order valence-electron chi connectivity index (χ0n) is 20.0. The fraction of sp³-hybridized carbons (Fsp3) is 0.455. The van der Waals surface area contributed by atoms with E-state index in [9.17, 15) is 39.0 Å². The lowest BCUT2D eigenvalue weighted by Gasteiger charge is -2.24. The second-order valence-electron chi connectivity index (χ2n) is 8.05. The summed E-state index contributed by atoms with van der Waals surface area (Å²) in [5.41, 5.74) is 11.7. The van der Waals surface area contributed by atoms with Gasteiger partial charge in [-0.25, -0.2) is 4.79 Å². The molecule has 15 heteroatoms. The Hall–Kier alpha value is -3.85. The molecule has 1 rings (SSSR count). The Labute approximate surface area is 216 Å². The van der Waals surface area contributed by atoms with Crippen LogP contribution in [0.4, 0.5) is 0 Å². The highest BCUT2D eigenvalue weighted by molar-refractivity contribution is 7.98. The number of aliphatic carboxylic acids is 2. The topological polar surface area (TPSA) is 251 Å². The number of rotatable bonds is 16. The first kappa shape index (κ1) is 31.2. The maximum Gasteiger partial charge on any atom is 0.326 e. The smallest absolute Gasteiger partial charge is 0.326 e. The van der Waals surface area contributed by atoms with Crippen LogP contribution in [0.25, 0.3) is 0 Å². The lowest BCUT2D eigenvalue weighted by atomic mass is 10.0. The summed E-state index contributed by atoms with van der Waals surface area (Å²) >= 11 is 1.34. The lowest BCUT2D eigenvalue weighted by molar-refractivity contribution is -0.144. The van der Waals surface area contributed by atoms with Crippen molar-refractivity contribution < 1.29 is 44.1 Å². The minimum absolute atomic E-state index is 0.0128. The van der Waals surface area contributed by atoms with Gasteiger partial charge in [-0.3, -0.25) is 24.0 Å². The highest BCUT2D eigenvalue weighted by Crippen LogP contribution is 2.11. The minimum Gasteiger partial charge on any atom is -0.508 e. The van der Waals surface area contributed by atoms with Crippen LogP contribution in [0.2, 0.25) is 0 Å². The molecule has 1 aromatic carbocycles. The maximum atomic E-state index is 12.8. The standard InChI is InChI=1S/C22H31N5O9S/c1-37-7-6-14(22(35)36)25-21(34)16(10-18(30)31)27-20(33)15(9-17(24)29)26-19(32)13(23)8-11-2-4-12(28)5-3-11/h2-5,13-16,28H,6-10,23H2,1H3,(H2,24,29)(H,25,34)(H,26,32)(H,27,33)(H,30,31)(H,35,36). The van der Waals surface area contributed by atoms with E-state index in [4.69, 9.17) is 16.6 Å². The Morgan fingerprint density at radius 2 is 1.38 bits per heavy atom. The number of thioether (sulfide) groups is 1. The second kappa shape index (κ2) is 15.3. The van der Waals surface area contributed by atoms with E-state index in [-0.39, 0.29) is 18.6 Å². The molecule has 0 aromatic heterocycles. The van der Waals surface area contributed by atoms with Crippen molar-refractivity contribution in [3.63, 3.8) is 0 Å². The van der Waals surface area contributed by atoms with E-state index >= 15 is 0 Å². The van der Waals surface area contributed by atoms with Crippen molar-refractivity contribution in [2.75, 3.05) is 12.0 Å². The normalized spacial score (nSPS) is 13.9. The molecule has 14 nitrogen and oxygen atoms in total. The highest BCUT2D eigenvalue weighted by atomic mass is 32.2. The van der Waals surface area contributed by atoms with Crippen molar-refractivity contribution in [3.8, 4) is 5.75 Å². The van der Waals surface area contributed by atoms with Gasteiger partial charge >= 0.3 is 11.9 Å². The average Bonchev–Trinajstić information content (AvgIpc) is 2.81. The molecule has 0 saturated heterocycles. The summed E-state index contributed by atoms with van der Waals surface area (Å²) in [4.78, 5) is 72.2. The van der Waals surface area contributed by atoms with Crippen LogP contribution in [0, 0.1) is 0 Å². The second-order valence-corrected chi connectivity index (χ2v) is 9.03. The number of phenols is 1. The molecule has 0 aliphatic rings. The van der Waals surface area contributed by atoms with Gasteiger partial charge in [0.1, 0.15) is 23.9 Å². The molecule has 1 aromatic rings. The van der Waals surface area contributed by atoms with Crippen molar-refractivity contribution in [1.29, 1.82) is 0 Å². The monoisotopic (exact) mass is 541 g/mol. The van der Waals surface area contributed by atoms with Gasteiger partial charge in [0.15, 0.2) is 0 Å². The summed E-state index contributed by atoms with van der Waals surface area (Å²) < 4.78 is 0. The number of hydrogen-bond donors (Lipinski definition) is 8. The average molecular weight is 542 g/mol. The van der Waals surface area contributed by atoms with Crippen molar-refractivity contribution >= 4 is 47.3 Å². The Kier molecular flexibility index (Phi) is 12.9. The van der Waals surface area contributed by atoms with Crippen molar-refractivity contribution in [3.05, 3.63) is 29.8 Å². The highest BCUT2D eigenvalue weighted by Gasteiger charge is 2.32. The molecular weight excluding hydrogens is 510 g/mol. The van der Waals surface area contributed by atoms with Crippen LogP contribution >= 0.6 is 11.8 Å². The molecule has 0 fully saturated rings. The molecule has 0 aliphatic carbocycles. The molecule has 4 unspecified atom stereocenters. The third-order valence-electron chi connectivity index (χ3n) is 5.00. The summed E-state index contributed by atoms with van der Waals surface area (Å²) in [6, 6.07) is 0.0697. The molecule has 37 heavy (non-hydrogen) atoms. The summed E-state index contributed by atoms with van der Waals surface area (Å²) in [7, 11) is 0. The number of phenolic OH excluding ortho intramolecular Hbond substituents is 1. The van der Waals surface area contributed by atoms with E-state index in [1.54, 1.807) is 6.26 Å². The van der Waals surface area contributed by atoms with E-state index in [1.807, 2.05) is 0 Å². The van der Waals surface area contributed by atoms with Crippen LogP contribution in [0.3, 0.4) is 0 Å². The van der Waals surface area contributed by atoms with Crippen LogP contribution in [0.1, 0.15) is 24.8 Å². The van der Waals surface area contributed by atoms with Crippen LogP contribution in [-0.2, 0) is 35.2 Å². The van der Waals surface area contributed by atoms with Crippen LogP contribution in [-0.4, -0.2) is 87.1 Å². The first-order chi connectivity index (χ1) is 17.3. The number of nitrogens with two attached hydrogens (primary N) is 2. The fourth-order valence-corrected chi connectivity index (χ4v) is 3.56. The van der Waals surface area contributed by atoms with E-state index < -0.39 is 72.6 Å². The molecule has 0 heterocycles. The summed E-state index contributed by atoms with van der Waals surface area (Å²) in [5.74, 6) is -6.39. The number of carboxylic acid groups (broad SMARTS) is 2. The molecule has 0 spiro atoms. The molecule has 0 bridgehead atoms. The SMILES string of the molecule is CSCCC(NC(=O)C(CC(=O)O)NC(=O)C(CC(N)=O)NC(=O)C(N)Cc1ccc(O)cc1)C(=O)O. The zero-order valence-corrected chi connectivity index (χ0v) is 20.8. The summed E-state index contributed by atoms with van der Waals surface area (Å²) in [6.45, 7) is 0. The van der Waals surface area contributed by atoms with E-state index in [0.717, 1.165) is 0 Å². The van der Waals surface area contributed by atoms with Gasteiger partial charge in [0.25, 0.3) is 0 Å². The number of carboxylic acids is 2. The van der Waals surface area contributed by atoms with Gasteiger partial charge in [-0.1, -0.05) is 12.1 Å². The Balaban J connectivity index is 2.97. The van der Waals surface area contributed by atoms with Gasteiger partial charge in [0.2, 0.25) is 23.6 Å². The first-order valence-corrected chi connectivity index (χ1v) is 12.4. The molecule has 0 saturated carbocycles. The quantitative estimate of drug-likeness (QED) is 0.112. The van der Waals surface area contributed by atoms with Gasteiger partial charge in [-0.05, 0) is 42.5 Å². The summed E-state index contributed by atoms with van der Waals surface area (Å²) in [6.07, 6.45) is 0.224. The fourth-order valence-electron chi connectivity index (χ4n) is 3.09. The number of amides is 4. The number of primary amides is 1. The van der Waals surface area contributed by atoms with Gasteiger partial charge in [0, 0.05) is 0 Å². The Bertz CT molecular complexity index is 989. The lowest BCUT2D eigenvalue weighted by Crippen LogP contribution is -2.58. The van der Waals surface area contributed by atoms with Gasteiger partial charge in [0.05, 0.1) is 18.9 Å². The first-order valence-electron chi connectivity index (χ1n) is 11.0. The number of benzene rings is 1. The van der Waals surface area contributed by atoms with E-state index in [0.29, 0.717) is 11.3 Å². The van der Waals surface area contributed by atoms with Crippen LogP contribution in [0.5, 0.6) is 5.75 Å². The van der Waals surface area contributed by atoms with E-state index in [1.165, 1.54) is 36.0 Å². The third-order valence-corrected chi connectivity index (χ3v) is 5.65.